The van der Waals surface area contributed by atoms with Gasteiger partial charge in [-0.3, -0.25) is 4.79 Å². The van der Waals surface area contributed by atoms with Crippen LogP contribution in [0.5, 0.6) is 11.5 Å². The molecule has 2 aliphatic rings. The fourth-order valence-corrected chi connectivity index (χ4v) is 4.53. The van der Waals surface area contributed by atoms with Gasteiger partial charge in [0.2, 0.25) is 0 Å². The monoisotopic (exact) mass is 420 g/mol. The zero-order valence-corrected chi connectivity index (χ0v) is 18.3. The molecule has 1 aromatic rings. The maximum absolute atomic E-state index is 13.1. The number of phenols is 2. The standard InChI is InChI=1S/C23H29ClO5/c1-11-7-6-8-12(2)21-16(22(28)23(4,5)29-21)20(27)15-13(3)17(24)19(26)14(10-9-11)18(15)25/h8-9,16,20-21,25-27H,6-7,10H2,1-5H3/b11-9-,12-8-/t16-,20-,21-/m1/s1. The van der Waals surface area contributed by atoms with Crippen molar-refractivity contribution in [3.05, 3.63) is 45.0 Å². The smallest absolute Gasteiger partial charge is 0.173 e. The van der Waals surface area contributed by atoms with Crippen molar-refractivity contribution in [3.8, 4) is 11.5 Å². The van der Waals surface area contributed by atoms with Gasteiger partial charge in [-0.05, 0) is 65.0 Å². The van der Waals surface area contributed by atoms with Gasteiger partial charge in [0.15, 0.2) is 5.78 Å². The number of ether oxygens (including phenoxy) is 1. The lowest BCUT2D eigenvalue weighted by molar-refractivity contribution is -0.132. The molecule has 0 spiro atoms. The summed E-state index contributed by atoms with van der Waals surface area (Å²) in [7, 11) is 0. The number of fused-ring (bicyclic) bond motifs is 3. The van der Waals surface area contributed by atoms with E-state index in [0.717, 1.165) is 24.0 Å². The van der Waals surface area contributed by atoms with Crippen LogP contribution in [0.2, 0.25) is 5.02 Å². The third-order valence-corrected chi connectivity index (χ3v) is 6.62. The SMILES string of the molecule is C/C1=C/Cc2c(O)c(Cl)c(C)c(c2O)[C@@H](O)[C@H]2C(=O)C(C)(C)O[C@@H]2/C(C)=C\CC1. The van der Waals surface area contributed by atoms with Crippen molar-refractivity contribution in [1.29, 1.82) is 0 Å². The van der Waals surface area contributed by atoms with Gasteiger partial charge in [0.25, 0.3) is 0 Å². The lowest BCUT2D eigenvalue weighted by atomic mass is 9.80. The number of aliphatic hydroxyl groups excluding tert-OH is 1. The van der Waals surface area contributed by atoms with Crippen LogP contribution in [0.15, 0.2) is 23.3 Å². The van der Waals surface area contributed by atoms with Crippen LogP contribution in [0.1, 0.15) is 63.3 Å². The summed E-state index contributed by atoms with van der Waals surface area (Å²) in [4.78, 5) is 13.1. The molecule has 0 aromatic heterocycles. The zero-order valence-electron chi connectivity index (χ0n) is 17.5. The molecule has 0 unspecified atom stereocenters. The van der Waals surface area contributed by atoms with Crippen molar-refractivity contribution in [1.82, 2.24) is 0 Å². The summed E-state index contributed by atoms with van der Waals surface area (Å²) in [6.45, 7) is 8.90. The molecule has 6 heteroatoms. The summed E-state index contributed by atoms with van der Waals surface area (Å²) < 4.78 is 6.06. The van der Waals surface area contributed by atoms with E-state index in [4.69, 9.17) is 16.3 Å². The van der Waals surface area contributed by atoms with Gasteiger partial charge in [0, 0.05) is 11.1 Å². The van der Waals surface area contributed by atoms with E-state index in [2.05, 4.69) is 0 Å². The zero-order chi connectivity index (χ0) is 21.7. The molecular formula is C23H29ClO5. The van der Waals surface area contributed by atoms with E-state index < -0.39 is 23.7 Å². The minimum Gasteiger partial charge on any atom is -0.507 e. The Kier molecular flexibility index (Phi) is 5.87. The van der Waals surface area contributed by atoms with E-state index in [9.17, 15) is 20.1 Å². The number of benzene rings is 1. The highest BCUT2D eigenvalue weighted by Crippen LogP contribution is 2.49. The van der Waals surface area contributed by atoms with Gasteiger partial charge in [0.05, 0.1) is 23.1 Å². The highest BCUT2D eigenvalue weighted by atomic mass is 35.5. The third-order valence-electron chi connectivity index (χ3n) is 6.16. The van der Waals surface area contributed by atoms with Crippen LogP contribution in [-0.2, 0) is 16.0 Å². The molecule has 0 amide bonds. The van der Waals surface area contributed by atoms with E-state index in [0.29, 0.717) is 5.56 Å². The number of hydrogen-bond donors (Lipinski definition) is 3. The lowest BCUT2D eigenvalue weighted by Gasteiger charge is -2.26. The van der Waals surface area contributed by atoms with Gasteiger partial charge >= 0.3 is 0 Å². The highest BCUT2D eigenvalue weighted by Gasteiger charge is 2.53. The predicted octanol–water partition coefficient (Wildman–Crippen LogP) is 4.68. The molecule has 158 valence electrons. The predicted molar refractivity (Wildman–Crippen MR) is 112 cm³/mol. The summed E-state index contributed by atoms with van der Waals surface area (Å²) in [6, 6.07) is 0. The van der Waals surface area contributed by atoms with Crippen LogP contribution in [-0.4, -0.2) is 32.8 Å². The fourth-order valence-electron chi connectivity index (χ4n) is 4.31. The molecule has 3 N–H and O–H groups in total. The number of ketones is 1. The Balaban J connectivity index is 2.27. The highest BCUT2D eigenvalue weighted by molar-refractivity contribution is 6.33. The molecule has 1 heterocycles. The van der Waals surface area contributed by atoms with Crippen LogP contribution in [0.25, 0.3) is 0 Å². The number of halogens is 1. The average molecular weight is 421 g/mol. The number of aromatic hydroxyl groups is 2. The summed E-state index contributed by atoms with van der Waals surface area (Å²) >= 11 is 6.34. The minimum absolute atomic E-state index is 0.0715. The van der Waals surface area contributed by atoms with Crippen molar-refractivity contribution < 1.29 is 24.9 Å². The summed E-state index contributed by atoms with van der Waals surface area (Å²) in [5.74, 6) is -1.53. The number of allylic oxidation sites excluding steroid dienone is 3. The Hall–Kier alpha value is -1.82. The van der Waals surface area contributed by atoms with Crippen molar-refractivity contribution in [2.45, 2.75) is 71.7 Å². The molecular weight excluding hydrogens is 392 g/mol. The second-order valence-corrected chi connectivity index (χ2v) is 9.03. The molecule has 1 aromatic carbocycles. The Morgan fingerprint density at radius 1 is 1.14 bits per heavy atom. The Morgan fingerprint density at radius 3 is 2.45 bits per heavy atom. The molecule has 1 aliphatic heterocycles. The maximum atomic E-state index is 13.1. The van der Waals surface area contributed by atoms with Gasteiger partial charge in [-0.2, -0.15) is 0 Å². The van der Waals surface area contributed by atoms with E-state index in [1.54, 1.807) is 20.8 Å². The first-order valence-corrected chi connectivity index (χ1v) is 10.3. The number of carbonyl (C=O) groups excluding carboxylic acids is 1. The van der Waals surface area contributed by atoms with Crippen molar-refractivity contribution in [2.75, 3.05) is 0 Å². The van der Waals surface area contributed by atoms with Crippen molar-refractivity contribution >= 4 is 17.4 Å². The second-order valence-electron chi connectivity index (χ2n) is 8.65. The van der Waals surface area contributed by atoms with Crippen LogP contribution < -0.4 is 0 Å². The van der Waals surface area contributed by atoms with Gasteiger partial charge in [-0.15, -0.1) is 0 Å². The molecule has 1 fully saturated rings. The van der Waals surface area contributed by atoms with E-state index in [1.165, 1.54) is 0 Å². The van der Waals surface area contributed by atoms with Gasteiger partial charge in [-0.25, -0.2) is 0 Å². The Bertz CT molecular complexity index is 913. The van der Waals surface area contributed by atoms with Gasteiger partial charge in [0.1, 0.15) is 17.1 Å². The van der Waals surface area contributed by atoms with E-state index in [-0.39, 0.29) is 39.9 Å². The quantitative estimate of drug-likeness (QED) is 0.530. The fraction of sp³-hybridized carbons (Fsp3) is 0.522. The normalized spacial score (nSPS) is 30.9. The average Bonchev–Trinajstić information content (AvgIpc) is 2.89. The maximum Gasteiger partial charge on any atom is 0.173 e. The van der Waals surface area contributed by atoms with Gasteiger partial charge < -0.3 is 20.1 Å². The van der Waals surface area contributed by atoms with Crippen LogP contribution in [0.3, 0.4) is 0 Å². The van der Waals surface area contributed by atoms with Crippen molar-refractivity contribution in [2.24, 2.45) is 5.92 Å². The molecule has 29 heavy (non-hydrogen) atoms. The third kappa shape index (κ3) is 3.72. The first-order chi connectivity index (χ1) is 13.5. The molecule has 0 radical (unpaired) electrons. The number of carbonyl (C=O) groups is 1. The van der Waals surface area contributed by atoms with E-state index >= 15 is 0 Å². The Morgan fingerprint density at radius 2 is 1.79 bits per heavy atom. The molecule has 1 aliphatic carbocycles. The topological polar surface area (TPSA) is 87.0 Å². The largest absolute Gasteiger partial charge is 0.507 e. The number of rotatable bonds is 0. The number of Topliss-reactive ketones (excluding diaryl/α,β-unsaturated/α-hetero) is 1. The summed E-state index contributed by atoms with van der Waals surface area (Å²) in [5, 5.41) is 32.9. The summed E-state index contributed by atoms with van der Waals surface area (Å²) in [6.07, 6.45) is 3.89. The van der Waals surface area contributed by atoms with Gasteiger partial charge in [-0.1, -0.05) is 29.3 Å². The number of aliphatic hydroxyl groups is 1. The molecule has 1 saturated heterocycles. The molecule has 2 bridgehead atoms. The second kappa shape index (κ2) is 7.78. The first-order valence-electron chi connectivity index (χ1n) is 9.92. The summed E-state index contributed by atoms with van der Waals surface area (Å²) in [5.41, 5.74) is 1.70. The molecule has 3 atom stereocenters. The van der Waals surface area contributed by atoms with E-state index in [1.807, 2.05) is 26.0 Å². The first kappa shape index (κ1) is 21.9. The van der Waals surface area contributed by atoms with Crippen molar-refractivity contribution in [3.63, 3.8) is 0 Å². The van der Waals surface area contributed by atoms with Crippen LogP contribution in [0.4, 0.5) is 0 Å². The minimum atomic E-state index is -1.32. The lowest BCUT2D eigenvalue weighted by Crippen LogP contribution is -2.33. The molecule has 5 nitrogen and oxygen atoms in total. The molecule has 3 rings (SSSR count). The number of hydrogen-bond acceptors (Lipinski definition) is 5. The number of phenolic OH excluding ortho intramolecular Hbond substituents is 2. The Labute approximate surface area is 176 Å². The molecule has 0 saturated carbocycles. The van der Waals surface area contributed by atoms with Crippen LogP contribution in [0, 0.1) is 12.8 Å². The van der Waals surface area contributed by atoms with Crippen LogP contribution >= 0.6 is 11.6 Å².